The normalized spacial score (nSPS) is 31.1. The number of nitrogens with zero attached hydrogens (tertiary/aromatic N) is 4. The van der Waals surface area contributed by atoms with Gasteiger partial charge in [0.15, 0.2) is 0 Å². The molecule has 0 radical (unpaired) electrons. The lowest BCUT2D eigenvalue weighted by atomic mass is 9.88. The fraction of sp³-hybridized carbons (Fsp3) is 0.923. The molecule has 2 atom stereocenters. The molecule has 2 N–H and O–H groups in total. The number of hydrogen-bond donors (Lipinski definition) is 1. The number of nitrogens with two attached hydrogens (primary N) is 1. The van der Waals surface area contributed by atoms with E-state index in [0.717, 1.165) is 11.6 Å². The Kier molecular flexibility index (Phi) is 3.55. The van der Waals surface area contributed by atoms with Crippen LogP contribution in [0.2, 0.25) is 0 Å². The number of hydrogen-bond acceptors (Lipinski definition) is 5. The van der Waals surface area contributed by atoms with Crippen molar-refractivity contribution in [3.8, 4) is 0 Å². The number of thioether (sulfide) groups is 1. The summed E-state index contributed by atoms with van der Waals surface area (Å²) in [5.41, 5.74) is 6.62. The molecular weight excluding hydrogens is 258 g/mol. The molecule has 1 aromatic heterocycles. The van der Waals surface area contributed by atoms with Crippen molar-refractivity contribution in [3.05, 3.63) is 0 Å². The van der Waals surface area contributed by atoms with Crippen LogP contribution < -0.4 is 5.73 Å². The van der Waals surface area contributed by atoms with Gasteiger partial charge in [0.1, 0.15) is 0 Å². The number of aromatic nitrogens is 4. The van der Waals surface area contributed by atoms with Crippen molar-refractivity contribution in [3.63, 3.8) is 0 Å². The van der Waals surface area contributed by atoms with Crippen molar-refractivity contribution < 1.29 is 0 Å². The van der Waals surface area contributed by atoms with Gasteiger partial charge in [0.25, 0.3) is 0 Å². The largest absolute Gasteiger partial charge is 0.326 e. The van der Waals surface area contributed by atoms with Crippen molar-refractivity contribution in [1.82, 2.24) is 20.2 Å². The molecule has 2 unspecified atom stereocenters. The molecule has 19 heavy (non-hydrogen) atoms. The Morgan fingerprint density at radius 3 is 2.63 bits per heavy atom. The van der Waals surface area contributed by atoms with Gasteiger partial charge in [-0.2, -0.15) is 0 Å². The molecule has 0 amide bonds. The Balaban J connectivity index is 1.72. The highest BCUT2D eigenvalue weighted by molar-refractivity contribution is 7.99. The first kappa shape index (κ1) is 13.4. The van der Waals surface area contributed by atoms with Gasteiger partial charge in [0, 0.05) is 11.3 Å². The third kappa shape index (κ3) is 2.52. The lowest BCUT2D eigenvalue weighted by molar-refractivity contribution is 0.334. The summed E-state index contributed by atoms with van der Waals surface area (Å²) >= 11 is 1.78. The Morgan fingerprint density at radius 2 is 2.00 bits per heavy atom. The Morgan fingerprint density at radius 1 is 1.26 bits per heavy atom. The molecule has 2 fully saturated rings. The zero-order valence-electron chi connectivity index (χ0n) is 11.7. The average Bonchev–Trinajstić information content (AvgIpc) is 3.07. The van der Waals surface area contributed by atoms with Crippen LogP contribution in [0, 0.1) is 5.41 Å². The van der Waals surface area contributed by atoms with Crippen molar-refractivity contribution in [1.29, 1.82) is 0 Å². The molecule has 0 spiro atoms. The van der Waals surface area contributed by atoms with Crippen LogP contribution in [0.15, 0.2) is 5.16 Å². The van der Waals surface area contributed by atoms with E-state index in [4.69, 9.17) is 5.73 Å². The number of rotatable bonds is 3. The van der Waals surface area contributed by atoms with Crippen molar-refractivity contribution >= 4 is 11.8 Å². The minimum atomic E-state index is 0.228. The van der Waals surface area contributed by atoms with Crippen LogP contribution in [-0.2, 0) is 0 Å². The molecule has 1 aromatic rings. The van der Waals surface area contributed by atoms with Gasteiger partial charge in [-0.05, 0) is 41.5 Å². The van der Waals surface area contributed by atoms with E-state index in [2.05, 4.69) is 29.4 Å². The maximum absolute atomic E-state index is 6.38. The quantitative estimate of drug-likeness (QED) is 0.921. The first-order valence-corrected chi connectivity index (χ1v) is 8.16. The molecule has 0 aromatic carbocycles. The molecule has 0 saturated heterocycles. The van der Waals surface area contributed by atoms with Crippen LogP contribution in [0.5, 0.6) is 0 Å². The van der Waals surface area contributed by atoms with E-state index in [1.54, 1.807) is 11.8 Å². The van der Waals surface area contributed by atoms with E-state index in [0.29, 0.717) is 11.3 Å². The maximum atomic E-state index is 6.38. The summed E-state index contributed by atoms with van der Waals surface area (Å²) in [6, 6.07) is 0.731. The second-order valence-corrected chi connectivity index (χ2v) is 7.76. The highest BCUT2D eigenvalue weighted by Gasteiger charge is 2.40. The van der Waals surface area contributed by atoms with E-state index in [1.807, 2.05) is 4.68 Å². The predicted octanol–water partition coefficient (Wildman–Crippen LogP) is 2.40. The lowest BCUT2D eigenvalue weighted by Crippen LogP contribution is -2.38. The van der Waals surface area contributed by atoms with E-state index in [9.17, 15) is 0 Å². The van der Waals surface area contributed by atoms with Crippen molar-refractivity contribution in [2.45, 2.75) is 74.9 Å². The van der Waals surface area contributed by atoms with Crippen LogP contribution >= 0.6 is 11.8 Å². The second-order valence-electron chi connectivity index (χ2n) is 6.55. The monoisotopic (exact) mass is 281 g/mol. The maximum Gasteiger partial charge on any atom is 0.209 e. The number of tetrazole rings is 1. The highest BCUT2D eigenvalue weighted by Crippen LogP contribution is 2.44. The molecule has 0 aliphatic heterocycles. The van der Waals surface area contributed by atoms with Gasteiger partial charge in [-0.25, -0.2) is 4.68 Å². The molecule has 2 aliphatic rings. The van der Waals surface area contributed by atoms with Gasteiger partial charge < -0.3 is 5.73 Å². The Hall–Kier alpha value is -0.620. The smallest absolute Gasteiger partial charge is 0.209 e. The van der Waals surface area contributed by atoms with Gasteiger partial charge in [-0.1, -0.05) is 38.5 Å². The molecule has 2 aliphatic carbocycles. The minimum Gasteiger partial charge on any atom is -0.326 e. The summed E-state index contributed by atoms with van der Waals surface area (Å²) in [5.74, 6) is 0. The molecule has 2 saturated carbocycles. The minimum absolute atomic E-state index is 0.228. The van der Waals surface area contributed by atoms with Crippen LogP contribution in [0.1, 0.15) is 58.4 Å². The fourth-order valence-electron chi connectivity index (χ4n) is 3.27. The summed E-state index contributed by atoms with van der Waals surface area (Å²) < 4.78 is 2.04. The molecule has 5 nitrogen and oxygen atoms in total. The van der Waals surface area contributed by atoms with Gasteiger partial charge in [0.05, 0.1) is 6.04 Å². The van der Waals surface area contributed by atoms with E-state index in [1.165, 1.54) is 32.1 Å². The lowest BCUT2D eigenvalue weighted by Gasteiger charge is -2.26. The van der Waals surface area contributed by atoms with Crippen LogP contribution in [0.25, 0.3) is 0 Å². The van der Waals surface area contributed by atoms with E-state index < -0.39 is 0 Å². The molecule has 1 heterocycles. The summed E-state index contributed by atoms with van der Waals surface area (Å²) in [6.45, 7) is 4.52. The SMILES string of the molecule is CC1(C)CCC(Sc2nnnn2C2CCCC2)C1N. The standard InChI is InChI=1S/C13H23N5S/c1-13(2)8-7-10(11(13)14)19-12-15-16-17-18(12)9-5-3-4-6-9/h9-11H,3-8,14H2,1-2H3. The molecule has 6 heteroatoms. The zero-order valence-corrected chi connectivity index (χ0v) is 12.6. The van der Waals surface area contributed by atoms with Gasteiger partial charge in [-0.3, -0.25) is 0 Å². The summed E-state index contributed by atoms with van der Waals surface area (Å²) in [5, 5.41) is 13.7. The molecule has 3 rings (SSSR count). The van der Waals surface area contributed by atoms with Crippen LogP contribution in [0.4, 0.5) is 0 Å². The van der Waals surface area contributed by atoms with Crippen LogP contribution in [-0.4, -0.2) is 31.5 Å². The molecule has 106 valence electrons. The van der Waals surface area contributed by atoms with E-state index >= 15 is 0 Å². The third-order valence-corrected chi connectivity index (χ3v) is 6.08. The van der Waals surface area contributed by atoms with Crippen molar-refractivity contribution in [2.75, 3.05) is 0 Å². The summed E-state index contributed by atoms with van der Waals surface area (Å²) in [6.07, 6.45) is 7.37. The Labute approximate surface area is 118 Å². The van der Waals surface area contributed by atoms with Gasteiger partial charge in [0.2, 0.25) is 5.16 Å². The molecule has 0 bridgehead atoms. The first-order chi connectivity index (χ1) is 9.08. The van der Waals surface area contributed by atoms with Gasteiger partial charge in [-0.15, -0.1) is 5.10 Å². The molecular formula is C13H23N5S. The highest BCUT2D eigenvalue weighted by atomic mass is 32.2. The summed E-state index contributed by atoms with van der Waals surface area (Å²) in [4.78, 5) is 0. The third-order valence-electron chi connectivity index (χ3n) is 4.77. The first-order valence-electron chi connectivity index (χ1n) is 7.28. The predicted molar refractivity (Wildman–Crippen MR) is 76.0 cm³/mol. The van der Waals surface area contributed by atoms with Gasteiger partial charge >= 0.3 is 0 Å². The van der Waals surface area contributed by atoms with E-state index in [-0.39, 0.29) is 11.5 Å². The topological polar surface area (TPSA) is 69.6 Å². The van der Waals surface area contributed by atoms with Crippen molar-refractivity contribution in [2.24, 2.45) is 11.1 Å². The van der Waals surface area contributed by atoms with Crippen LogP contribution in [0.3, 0.4) is 0 Å². The summed E-state index contributed by atoms with van der Waals surface area (Å²) in [7, 11) is 0. The zero-order chi connectivity index (χ0) is 13.5. The Bertz CT molecular complexity index is 438. The fourth-order valence-corrected chi connectivity index (χ4v) is 4.67. The second kappa shape index (κ2) is 5.05. The average molecular weight is 281 g/mol.